The third kappa shape index (κ3) is 3.20. The Morgan fingerprint density at radius 2 is 1.52 bits per heavy atom. The molecule has 1 aliphatic carbocycles. The minimum Gasteiger partial charge on any atom is -0.298 e. The first-order valence-corrected chi connectivity index (χ1v) is 9.07. The number of fused-ring (bicyclic) bond motifs is 3. The second-order valence-electron chi connectivity index (χ2n) is 5.09. The highest BCUT2D eigenvalue weighted by atomic mass is 35.5. The third-order valence-electron chi connectivity index (χ3n) is 4.01. The van der Waals surface area contributed by atoms with Gasteiger partial charge in [0.1, 0.15) is 6.29 Å². The number of halogens is 2. The number of carbonyl (C=O) groups is 2. The average molecular weight is 373 g/mol. The zero-order valence-electron chi connectivity index (χ0n) is 14.3. The van der Waals surface area contributed by atoms with Gasteiger partial charge in [-0.15, -0.1) is 11.6 Å². The number of aldehydes is 1. The molecular weight excluding hydrogens is 355 g/mol. The van der Waals surface area contributed by atoms with Crippen molar-refractivity contribution < 1.29 is 9.59 Å². The summed E-state index contributed by atoms with van der Waals surface area (Å²) in [5.74, 6) is 0. The third-order valence-corrected chi connectivity index (χ3v) is 4.22. The molecule has 0 aromatic heterocycles. The lowest BCUT2D eigenvalue weighted by Gasteiger charge is -2.05. The maximum atomic E-state index is 11.6. The van der Waals surface area contributed by atoms with E-state index in [2.05, 4.69) is 11.6 Å². The van der Waals surface area contributed by atoms with Gasteiger partial charge in [0.25, 0.3) is 5.24 Å². The Balaban J connectivity index is 0.000000528. The van der Waals surface area contributed by atoms with E-state index in [1.165, 1.54) is 6.38 Å². The number of rotatable bonds is 2. The predicted octanol–water partition coefficient (Wildman–Crippen LogP) is 6.56. The van der Waals surface area contributed by atoms with Crippen molar-refractivity contribution in [3.05, 3.63) is 59.7 Å². The molecule has 0 bridgehead atoms. The van der Waals surface area contributed by atoms with Crippen molar-refractivity contribution in [1.82, 2.24) is 0 Å². The van der Waals surface area contributed by atoms with Crippen LogP contribution < -0.4 is 0 Å². The monoisotopic (exact) mass is 372 g/mol. The Labute approximate surface area is 157 Å². The zero-order chi connectivity index (χ0) is 18.6. The van der Waals surface area contributed by atoms with Gasteiger partial charge < -0.3 is 0 Å². The van der Waals surface area contributed by atoms with Gasteiger partial charge in [-0.1, -0.05) is 50.2 Å². The number of hydrogen-bond donors (Lipinski definition) is 0. The number of benzene rings is 3. The summed E-state index contributed by atoms with van der Waals surface area (Å²) in [4.78, 5) is 22.6. The van der Waals surface area contributed by atoms with Gasteiger partial charge in [-0.2, -0.15) is 0 Å². The summed E-state index contributed by atoms with van der Waals surface area (Å²) in [7, 11) is 0. The molecule has 0 heterocycles. The molecule has 3 aromatic carbocycles. The van der Waals surface area contributed by atoms with Crippen LogP contribution in [0.1, 0.15) is 34.6 Å². The quantitative estimate of drug-likeness (QED) is 0.227. The molecule has 0 atom stereocenters. The summed E-state index contributed by atoms with van der Waals surface area (Å²) in [6.07, 6.45) is 2.32. The fourth-order valence-corrected chi connectivity index (χ4v) is 3.28. The minimum absolute atomic E-state index is 0.455. The smallest absolute Gasteiger partial charge is 0.253 e. The Hall–Kier alpha value is -2.16. The van der Waals surface area contributed by atoms with E-state index in [0.717, 1.165) is 39.3 Å². The molecule has 4 heteroatoms. The Morgan fingerprint density at radius 1 is 0.880 bits per heavy atom. The van der Waals surface area contributed by atoms with E-state index in [-0.39, 0.29) is 0 Å². The molecule has 0 radical (unpaired) electrons. The van der Waals surface area contributed by atoms with Crippen molar-refractivity contribution in [2.45, 2.75) is 13.8 Å². The second kappa shape index (κ2) is 8.28. The minimum atomic E-state index is -0.455. The van der Waals surface area contributed by atoms with E-state index >= 15 is 0 Å². The number of carbonyl (C=O) groups excluding carboxylic acids is 2. The van der Waals surface area contributed by atoms with E-state index in [4.69, 9.17) is 11.6 Å². The summed E-state index contributed by atoms with van der Waals surface area (Å²) in [5, 5.41) is 1.43. The van der Waals surface area contributed by atoms with E-state index in [1.54, 1.807) is 6.07 Å². The summed E-state index contributed by atoms with van der Waals surface area (Å²) >= 11 is 10.3. The molecule has 2 nitrogen and oxygen atoms in total. The molecule has 0 amide bonds. The van der Waals surface area contributed by atoms with Crippen LogP contribution in [0, 0.1) is 0 Å². The average Bonchev–Trinajstić information content (AvgIpc) is 3.00. The van der Waals surface area contributed by atoms with Crippen molar-refractivity contribution in [1.29, 1.82) is 0 Å². The van der Waals surface area contributed by atoms with Crippen molar-refractivity contribution >= 4 is 45.5 Å². The molecule has 0 unspecified atom stereocenters. The van der Waals surface area contributed by atoms with Crippen LogP contribution >= 0.6 is 23.2 Å². The van der Waals surface area contributed by atoms with Crippen LogP contribution in [0.2, 0.25) is 0 Å². The lowest BCUT2D eigenvalue weighted by Crippen LogP contribution is -1.91. The normalized spacial score (nSPS) is 10.1. The summed E-state index contributed by atoms with van der Waals surface area (Å²) < 4.78 is 0. The van der Waals surface area contributed by atoms with Crippen LogP contribution in [0.4, 0.5) is 0 Å². The standard InChI is InChI=1S/C18H9ClO2.C2H6.CH3Cl/c19-18(21)15-7-6-14-16-8-10(9-20)4-5-11(16)12-2-1-3-13(15)17(12)14;2*1-2/h1-9H;1-2H3;1H3. The van der Waals surface area contributed by atoms with Gasteiger partial charge in [0, 0.05) is 17.5 Å². The highest BCUT2D eigenvalue weighted by Crippen LogP contribution is 2.48. The number of alkyl halides is 1. The fourth-order valence-electron chi connectivity index (χ4n) is 3.12. The molecule has 0 spiro atoms. The Bertz CT molecular complexity index is 946. The molecule has 1 aliphatic rings. The van der Waals surface area contributed by atoms with Crippen molar-refractivity contribution in [2.75, 3.05) is 6.38 Å². The number of hydrogen-bond acceptors (Lipinski definition) is 2. The molecule has 0 saturated heterocycles. The van der Waals surface area contributed by atoms with E-state index in [1.807, 2.05) is 56.3 Å². The molecule has 0 aliphatic heterocycles. The van der Waals surface area contributed by atoms with Crippen LogP contribution in [0.5, 0.6) is 0 Å². The molecular formula is C21H18Cl2O2. The molecule has 25 heavy (non-hydrogen) atoms. The topological polar surface area (TPSA) is 34.1 Å². The predicted molar refractivity (Wildman–Crippen MR) is 107 cm³/mol. The highest BCUT2D eigenvalue weighted by Gasteiger charge is 2.23. The molecule has 0 saturated carbocycles. The van der Waals surface area contributed by atoms with Crippen LogP contribution in [-0.4, -0.2) is 17.9 Å². The first kappa shape index (κ1) is 19.2. The van der Waals surface area contributed by atoms with Crippen LogP contribution in [0.3, 0.4) is 0 Å². The summed E-state index contributed by atoms with van der Waals surface area (Å²) in [5.41, 5.74) is 5.39. The molecule has 0 fully saturated rings. The second-order valence-corrected chi connectivity index (χ2v) is 5.43. The van der Waals surface area contributed by atoms with Crippen molar-refractivity contribution in [3.8, 4) is 22.3 Å². The van der Waals surface area contributed by atoms with Gasteiger partial charge in [-0.05, 0) is 56.8 Å². The van der Waals surface area contributed by atoms with Crippen LogP contribution in [0.15, 0.2) is 48.5 Å². The van der Waals surface area contributed by atoms with E-state index in [0.29, 0.717) is 11.1 Å². The maximum Gasteiger partial charge on any atom is 0.253 e. The van der Waals surface area contributed by atoms with Gasteiger partial charge in [0.15, 0.2) is 0 Å². The van der Waals surface area contributed by atoms with Gasteiger partial charge >= 0.3 is 0 Å². The van der Waals surface area contributed by atoms with E-state index in [9.17, 15) is 9.59 Å². The molecule has 0 N–H and O–H groups in total. The fraction of sp³-hybridized carbons (Fsp3) is 0.143. The first-order valence-electron chi connectivity index (χ1n) is 7.94. The highest BCUT2D eigenvalue weighted by molar-refractivity contribution is 6.68. The van der Waals surface area contributed by atoms with Gasteiger partial charge in [0.05, 0.1) is 0 Å². The molecule has 4 rings (SSSR count). The zero-order valence-corrected chi connectivity index (χ0v) is 15.8. The lowest BCUT2D eigenvalue weighted by atomic mass is 9.99. The van der Waals surface area contributed by atoms with E-state index < -0.39 is 5.24 Å². The maximum absolute atomic E-state index is 11.6. The van der Waals surface area contributed by atoms with Crippen LogP contribution in [-0.2, 0) is 0 Å². The first-order chi connectivity index (χ1) is 12.2. The van der Waals surface area contributed by atoms with Crippen molar-refractivity contribution in [2.24, 2.45) is 0 Å². The molecule has 128 valence electrons. The summed E-state index contributed by atoms with van der Waals surface area (Å²) in [6, 6.07) is 15.2. The van der Waals surface area contributed by atoms with Crippen LogP contribution in [0.25, 0.3) is 33.0 Å². The Kier molecular flexibility index (Phi) is 6.35. The SMILES string of the molecule is CC.CCl.O=Cc1ccc2c(c1)-c1ccc(C(=O)Cl)c3cccc-2c13. The molecule has 3 aromatic rings. The van der Waals surface area contributed by atoms with Gasteiger partial charge in [-0.25, -0.2) is 0 Å². The Morgan fingerprint density at radius 3 is 2.16 bits per heavy atom. The summed E-state index contributed by atoms with van der Waals surface area (Å²) in [6.45, 7) is 4.00. The van der Waals surface area contributed by atoms with Gasteiger partial charge in [-0.3, -0.25) is 9.59 Å². The lowest BCUT2D eigenvalue weighted by molar-refractivity contribution is 0.108. The largest absolute Gasteiger partial charge is 0.298 e. The van der Waals surface area contributed by atoms with Gasteiger partial charge in [0.2, 0.25) is 0 Å². The van der Waals surface area contributed by atoms with Crippen molar-refractivity contribution in [3.63, 3.8) is 0 Å².